The predicted octanol–water partition coefficient (Wildman–Crippen LogP) is 0.382. The quantitative estimate of drug-likeness (QED) is 0.616. The maximum Gasteiger partial charge on any atom is 0.323 e. The third kappa shape index (κ3) is 2.10. The van der Waals surface area contributed by atoms with E-state index in [2.05, 4.69) is 4.74 Å². The van der Waals surface area contributed by atoms with Gasteiger partial charge in [-0.1, -0.05) is 0 Å². The van der Waals surface area contributed by atoms with Crippen LogP contribution >= 0.6 is 11.8 Å². The molecule has 2 unspecified atom stereocenters. The molecule has 0 radical (unpaired) electrons. The van der Waals surface area contributed by atoms with Crippen LogP contribution in [0.4, 0.5) is 0 Å². The molecule has 0 spiro atoms. The molecule has 1 saturated heterocycles. The van der Waals surface area contributed by atoms with Crippen LogP contribution in [0.1, 0.15) is 12.8 Å². The molecule has 2 atom stereocenters. The first-order chi connectivity index (χ1) is 5.25. The lowest BCUT2D eigenvalue weighted by Gasteiger charge is -2.14. The summed E-state index contributed by atoms with van der Waals surface area (Å²) >= 11 is 1.77. The van der Waals surface area contributed by atoms with Crippen molar-refractivity contribution >= 4 is 17.7 Å². The van der Waals surface area contributed by atoms with Gasteiger partial charge in [-0.3, -0.25) is 4.79 Å². The van der Waals surface area contributed by atoms with Gasteiger partial charge in [-0.25, -0.2) is 0 Å². The van der Waals surface area contributed by atoms with E-state index in [0.717, 1.165) is 12.2 Å². The Bertz CT molecular complexity index is 145. The van der Waals surface area contributed by atoms with Gasteiger partial charge in [0.15, 0.2) is 0 Å². The summed E-state index contributed by atoms with van der Waals surface area (Å²) in [5, 5.41) is 0.280. The highest BCUT2D eigenvalue weighted by atomic mass is 32.2. The van der Waals surface area contributed by atoms with Crippen LogP contribution in [0.5, 0.6) is 0 Å². The zero-order chi connectivity index (χ0) is 8.27. The first-order valence-electron chi connectivity index (χ1n) is 3.70. The largest absolute Gasteiger partial charge is 0.468 e. The average Bonchev–Trinajstić information content (AvgIpc) is 2.53. The Kier molecular flexibility index (Phi) is 3.20. The minimum atomic E-state index is -0.424. The number of carbonyl (C=O) groups excluding carboxylic acids is 1. The van der Waals surface area contributed by atoms with E-state index < -0.39 is 6.04 Å². The van der Waals surface area contributed by atoms with Gasteiger partial charge in [-0.15, -0.1) is 0 Å². The van der Waals surface area contributed by atoms with Crippen LogP contribution in [0.15, 0.2) is 0 Å². The van der Waals surface area contributed by atoms with Crippen LogP contribution in [0, 0.1) is 0 Å². The molecule has 0 bridgehead atoms. The number of hydrogen-bond acceptors (Lipinski definition) is 4. The zero-order valence-corrected chi connectivity index (χ0v) is 7.39. The highest BCUT2D eigenvalue weighted by molar-refractivity contribution is 8.00. The van der Waals surface area contributed by atoms with E-state index in [0.29, 0.717) is 0 Å². The molecule has 0 aromatic carbocycles. The van der Waals surface area contributed by atoms with E-state index >= 15 is 0 Å². The van der Waals surface area contributed by atoms with E-state index in [1.165, 1.54) is 13.5 Å². The van der Waals surface area contributed by atoms with Crippen molar-refractivity contribution in [2.24, 2.45) is 5.73 Å². The summed E-state index contributed by atoms with van der Waals surface area (Å²) in [7, 11) is 1.38. The Morgan fingerprint density at radius 3 is 3.00 bits per heavy atom. The minimum Gasteiger partial charge on any atom is -0.468 e. The molecule has 1 fully saturated rings. The lowest BCUT2D eigenvalue weighted by molar-refractivity contribution is -0.142. The van der Waals surface area contributed by atoms with Crippen LogP contribution in [-0.4, -0.2) is 30.1 Å². The van der Waals surface area contributed by atoms with Crippen molar-refractivity contribution < 1.29 is 9.53 Å². The monoisotopic (exact) mass is 175 g/mol. The summed E-state index contributed by atoms with van der Waals surface area (Å²) in [5.41, 5.74) is 5.64. The van der Waals surface area contributed by atoms with Gasteiger partial charge in [0.1, 0.15) is 6.04 Å². The number of nitrogens with two attached hydrogens (primary N) is 1. The highest BCUT2D eigenvalue weighted by Crippen LogP contribution is 2.28. The number of ether oxygens (including phenoxy) is 1. The molecule has 4 heteroatoms. The highest BCUT2D eigenvalue weighted by Gasteiger charge is 2.28. The molecule has 1 rings (SSSR count). The van der Waals surface area contributed by atoms with E-state index in [-0.39, 0.29) is 11.2 Å². The smallest absolute Gasteiger partial charge is 0.323 e. The standard InChI is InChI=1S/C7H13NO2S/c1-10-7(9)6(8)5-3-2-4-11-5/h5-6H,2-4,8H2,1H3. The van der Waals surface area contributed by atoms with Gasteiger partial charge in [-0.2, -0.15) is 11.8 Å². The normalized spacial score (nSPS) is 26.5. The van der Waals surface area contributed by atoms with Crippen molar-refractivity contribution in [3.05, 3.63) is 0 Å². The Hall–Kier alpha value is -0.220. The number of thioether (sulfide) groups is 1. The van der Waals surface area contributed by atoms with Gasteiger partial charge in [0.25, 0.3) is 0 Å². The SMILES string of the molecule is COC(=O)C(N)C1CCCS1. The molecule has 64 valence electrons. The van der Waals surface area contributed by atoms with Gasteiger partial charge < -0.3 is 10.5 Å². The summed E-state index contributed by atoms with van der Waals surface area (Å²) < 4.78 is 4.55. The predicted molar refractivity (Wildman–Crippen MR) is 45.5 cm³/mol. The van der Waals surface area contributed by atoms with Gasteiger partial charge in [0, 0.05) is 5.25 Å². The second-order valence-electron chi connectivity index (χ2n) is 2.60. The summed E-state index contributed by atoms with van der Waals surface area (Å²) in [5.74, 6) is 0.833. The lowest BCUT2D eigenvalue weighted by Crippen LogP contribution is -2.39. The zero-order valence-electron chi connectivity index (χ0n) is 6.58. The molecule has 2 N–H and O–H groups in total. The number of esters is 1. The van der Waals surface area contributed by atoms with Crippen molar-refractivity contribution in [3.8, 4) is 0 Å². The molecule has 0 aromatic heterocycles. The molecule has 1 aliphatic rings. The first-order valence-corrected chi connectivity index (χ1v) is 4.75. The van der Waals surface area contributed by atoms with Crippen molar-refractivity contribution in [1.29, 1.82) is 0 Å². The second kappa shape index (κ2) is 3.97. The number of methoxy groups -OCH3 is 1. The summed E-state index contributed by atoms with van der Waals surface area (Å²) in [6.45, 7) is 0. The Morgan fingerprint density at radius 2 is 2.55 bits per heavy atom. The minimum absolute atomic E-state index is 0.280. The van der Waals surface area contributed by atoms with Crippen molar-refractivity contribution in [2.45, 2.75) is 24.1 Å². The lowest BCUT2D eigenvalue weighted by atomic mass is 10.1. The molecular weight excluding hydrogens is 162 g/mol. The van der Waals surface area contributed by atoms with Crippen LogP contribution in [0.2, 0.25) is 0 Å². The Balaban J connectivity index is 2.39. The Morgan fingerprint density at radius 1 is 1.82 bits per heavy atom. The number of carbonyl (C=O) groups is 1. The average molecular weight is 175 g/mol. The van der Waals surface area contributed by atoms with Crippen molar-refractivity contribution in [2.75, 3.05) is 12.9 Å². The van der Waals surface area contributed by atoms with E-state index in [1.807, 2.05) is 0 Å². The fourth-order valence-electron chi connectivity index (χ4n) is 1.17. The van der Waals surface area contributed by atoms with Gasteiger partial charge in [0.05, 0.1) is 7.11 Å². The van der Waals surface area contributed by atoms with Crippen molar-refractivity contribution in [3.63, 3.8) is 0 Å². The number of hydrogen-bond donors (Lipinski definition) is 1. The summed E-state index contributed by atoms with van der Waals surface area (Å²) in [6, 6.07) is -0.424. The summed E-state index contributed by atoms with van der Waals surface area (Å²) in [6.07, 6.45) is 2.21. The van der Waals surface area contributed by atoms with Gasteiger partial charge in [0.2, 0.25) is 0 Å². The third-order valence-electron chi connectivity index (χ3n) is 1.84. The van der Waals surface area contributed by atoms with Crippen LogP contribution < -0.4 is 5.73 Å². The first kappa shape index (κ1) is 8.87. The molecule has 11 heavy (non-hydrogen) atoms. The molecule has 0 aliphatic carbocycles. The topological polar surface area (TPSA) is 52.3 Å². The summed E-state index contributed by atoms with van der Waals surface area (Å²) in [4.78, 5) is 10.9. The van der Waals surface area contributed by atoms with Crippen LogP contribution in [-0.2, 0) is 9.53 Å². The Labute approximate surface area is 70.7 Å². The van der Waals surface area contributed by atoms with E-state index in [1.54, 1.807) is 11.8 Å². The van der Waals surface area contributed by atoms with Gasteiger partial charge in [-0.05, 0) is 18.6 Å². The fraction of sp³-hybridized carbons (Fsp3) is 0.857. The molecule has 0 amide bonds. The molecule has 1 heterocycles. The molecule has 0 saturated carbocycles. The molecule has 1 aliphatic heterocycles. The van der Waals surface area contributed by atoms with Crippen molar-refractivity contribution in [1.82, 2.24) is 0 Å². The third-order valence-corrected chi connectivity index (χ3v) is 3.32. The van der Waals surface area contributed by atoms with Gasteiger partial charge >= 0.3 is 5.97 Å². The maximum atomic E-state index is 10.9. The maximum absolute atomic E-state index is 10.9. The number of rotatable bonds is 2. The molecule has 0 aromatic rings. The van der Waals surface area contributed by atoms with Crippen LogP contribution in [0.25, 0.3) is 0 Å². The van der Waals surface area contributed by atoms with E-state index in [9.17, 15) is 4.79 Å². The van der Waals surface area contributed by atoms with Crippen LogP contribution in [0.3, 0.4) is 0 Å². The van der Waals surface area contributed by atoms with E-state index in [4.69, 9.17) is 5.73 Å². The molecular formula is C7H13NO2S. The molecule has 3 nitrogen and oxygen atoms in total. The fourth-order valence-corrected chi connectivity index (χ4v) is 2.46. The second-order valence-corrected chi connectivity index (χ2v) is 3.95.